The molecule has 2 rings (SSSR count). The lowest BCUT2D eigenvalue weighted by atomic mass is 9.95. The van der Waals surface area contributed by atoms with Crippen molar-refractivity contribution in [2.75, 3.05) is 26.0 Å². The van der Waals surface area contributed by atoms with E-state index in [4.69, 9.17) is 4.74 Å². The van der Waals surface area contributed by atoms with Gasteiger partial charge in [0.05, 0.1) is 26.3 Å². The number of hydrogen-bond donors (Lipinski definition) is 2. The van der Waals surface area contributed by atoms with Crippen LogP contribution in [0.1, 0.15) is 47.5 Å². The van der Waals surface area contributed by atoms with Gasteiger partial charge in [0.2, 0.25) is 0 Å². The molecule has 1 atom stereocenters. The maximum atomic E-state index is 12.3. The molecular formula is C16H25N2O3S+. The molecule has 0 bridgehead atoms. The van der Waals surface area contributed by atoms with Crippen LogP contribution in [0.2, 0.25) is 0 Å². The Morgan fingerprint density at radius 2 is 2.00 bits per heavy atom. The van der Waals surface area contributed by atoms with Crippen molar-refractivity contribution in [3.8, 4) is 0 Å². The zero-order chi connectivity index (χ0) is 16.3. The van der Waals surface area contributed by atoms with E-state index in [0.717, 1.165) is 36.1 Å². The number of carbonyl (C=O) groups is 2. The van der Waals surface area contributed by atoms with Crippen LogP contribution in [0.4, 0.5) is 5.00 Å². The zero-order valence-electron chi connectivity index (χ0n) is 13.7. The number of esters is 1. The maximum Gasteiger partial charge on any atom is 0.341 e. The van der Waals surface area contributed by atoms with Crippen molar-refractivity contribution in [3.63, 3.8) is 0 Å². The molecule has 0 saturated heterocycles. The molecular weight excluding hydrogens is 300 g/mol. The molecule has 1 heterocycles. The van der Waals surface area contributed by atoms with Gasteiger partial charge < -0.3 is 15.0 Å². The van der Waals surface area contributed by atoms with Gasteiger partial charge in [0.1, 0.15) is 5.00 Å². The van der Waals surface area contributed by atoms with Crippen molar-refractivity contribution in [1.82, 2.24) is 0 Å². The third-order valence-electron chi connectivity index (χ3n) is 4.15. The van der Waals surface area contributed by atoms with Crippen molar-refractivity contribution < 1.29 is 19.2 Å². The summed E-state index contributed by atoms with van der Waals surface area (Å²) in [5.74, 6) is -0.383. The number of aryl methyl sites for hydroxylation is 1. The second-order valence-corrected chi connectivity index (χ2v) is 7.03. The summed E-state index contributed by atoms with van der Waals surface area (Å²) in [6.07, 6.45) is 4.10. The Bertz CT molecular complexity index is 566. The molecule has 0 aromatic carbocycles. The molecule has 2 N–H and O–H groups in total. The zero-order valence-corrected chi connectivity index (χ0v) is 14.6. The highest BCUT2D eigenvalue weighted by Gasteiger charge is 2.29. The Morgan fingerprint density at radius 1 is 1.32 bits per heavy atom. The third-order valence-corrected chi connectivity index (χ3v) is 5.35. The van der Waals surface area contributed by atoms with Gasteiger partial charge in [-0.1, -0.05) is 0 Å². The molecule has 1 aliphatic carbocycles. The molecule has 1 aliphatic rings. The predicted octanol–water partition coefficient (Wildman–Crippen LogP) is 1.28. The van der Waals surface area contributed by atoms with Crippen LogP contribution in [0.5, 0.6) is 0 Å². The summed E-state index contributed by atoms with van der Waals surface area (Å²) < 4.78 is 5.19. The third kappa shape index (κ3) is 3.50. The lowest BCUT2D eigenvalue weighted by Gasteiger charge is -2.16. The first-order chi connectivity index (χ1) is 10.5. The first kappa shape index (κ1) is 17.0. The number of thiophene rings is 1. The Hall–Kier alpha value is -1.40. The highest BCUT2D eigenvalue weighted by atomic mass is 32.1. The van der Waals surface area contributed by atoms with E-state index >= 15 is 0 Å². The molecule has 122 valence electrons. The number of anilines is 1. The van der Waals surface area contributed by atoms with Crippen LogP contribution in [0.3, 0.4) is 0 Å². The Morgan fingerprint density at radius 3 is 2.64 bits per heavy atom. The van der Waals surface area contributed by atoms with Gasteiger partial charge in [-0.25, -0.2) is 4.79 Å². The first-order valence-corrected chi connectivity index (χ1v) is 8.69. The van der Waals surface area contributed by atoms with Crippen LogP contribution in [0, 0.1) is 0 Å². The van der Waals surface area contributed by atoms with Crippen LogP contribution >= 0.6 is 11.3 Å². The highest BCUT2D eigenvalue weighted by Crippen LogP contribution is 2.38. The van der Waals surface area contributed by atoms with E-state index in [0.29, 0.717) is 17.2 Å². The molecule has 0 fully saturated rings. The first-order valence-electron chi connectivity index (χ1n) is 7.88. The van der Waals surface area contributed by atoms with E-state index in [2.05, 4.69) is 5.32 Å². The van der Waals surface area contributed by atoms with Crippen molar-refractivity contribution in [2.45, 2.75) is 45.6 Å². The number of rotatable bonds is 5. The number of hydrogen-bond acceptors (Lipinski definition) is 4. The topological polar surface area (TPSA) is 59.8 Å². The van der Waals surface area contributed by atoms with Crippen molar-refractivity contribution in [2.24, 2.45) is 0 Å². The molecule has 5 nitrogen and oxygen atoms in total. The molecule has 1 aromatic heterocycles. The van der Waals surface area contributed by atoms with Crippen LogP contribution in [0.25, 0.3) is 0 Å². The van der Waals surface area contributed by atoms with E-state index in [9.17, 15) is 9.59 Å². The average Bonchev–Trinajstić information content (AvgIpc) is 2.84. The fraction of sp³-hybridized carbons (Fsp3) is 0.625. The minimum absolute atomic E-state index is 0.0656. The minimum Gasteiger partial charge on any atom is -0.462 e. The lowest BCUT2D eigenvalue weighted by molar-refractivity contribution is -0.873. The fourth-order valence-electron chi connectivity index (χ4n) is 2.56. The standard InChI is InChI=1S/C16H24N2O3S/c1-5-21-16(20)13-11-8-6-7-9-12(11)22-15(13)17-14(19)10(2)18(3)4/h10H,5-9H2,1-4H3,(H,17,19)/p+1/t10-/m1/s1. The fourth-order valence-corrected chi connectivity index (χ4v) is 3.84. The number of likely N-dealkylation sites (N-methyl/N-ethyl adjacent to an activating group) is 1. The van der Waals surface area contributed by atoms with E-state index < -0.39 is 0 Å². The van der Waals surface area contributed by atoms with Gasteiger partial charge in [-0.3, -0.25) is 4.79 Å². The van der Waals surface area contributed by atoms with Crippen LogP contribution < -0.4 is 10.2 Å². The normalized spacial score (nSPS) is 15.3. The molecule has 22 heavy (non-hydrogen) atoms. The summed E-state index contributed by atoms with van der Waals surface area (Å²) in [5, 5.41) is 3.60. The summed E-state index contributed by atoms with van der Waals surface area (Å²) in [7, 11) is 3.88. The molecule has 1 aromatic rings. The summed E-state index contributed by atoms with van der Waals surface area (Å²) in [5.41, 5.74) is 1.66. The number of quaternary nitrogens is 1. The Balaban J connectivity index is 2.32. The molecule has 0 unspecified atom stereocenters. The number of nitrogens with one attached hydrogen (secondary N) is 2. The SMILES string of the molecule is CCOC(=O)c1c(NC(=O)[C@@H](C)[NH+](C)C)sc2c1CCCC2. The van der Waals surface area contributed by atoms with Crippen molar-refractivity contribution >= 4 is 28.2 Å². The monoisotopic (exact) mass is 325 g/mol. The van der Waals surface area contributed by atoms with Crippen molar-refractivity contribution in [3.05, 3.63) is 16.0 Å². The van der Waals surface area contributed by atoms with E-state index in [-0.39, 0.29) is 17.9 Å². The quantitative estimate of drug-likeness (QED) is 0.802. The summed E-state index contributed by atoms with van der Waals surface area (Å²) in [6, 6.07) is -0.172. The number of carbonyl (C=O) groups excluding carboxylic acids is 2. The maximum absolute atomic E-state index is 12.3. The average molecular weight is 325 g/mol. The van der Waals surface area contributed by atoms with E-state index in [1.54, 1.807) is 6.92 Å². The van der Waals surface area contributed by atoms with E-state index in [1.165, 1.54) is 16.2 Å². The van der Waals surface area contributed by atoms with Gasteiger partial charge in [-0.05, 0) is 45.1 Å². The predicted molar refractivity (Wildman–Crippen MR) is 87.8 cm³/mol. The number of ether oxygens (including phenoxy) is 1. The summed E-state index contributed by atoms with van der Waals surface area (Å²) >= 11 is 1.53. The van der Waals surface area contributed by atoms with Crippen LogP contribution in [-0.4, -0.2) is 38.6 Å². The van der Waals surface area contributed by atoms with Crippen molar-refractivity contribution in [1.29, 1.82) is 0 Å². The van der Waals surface area contributed by atoms with Gasteiger partial charge in [-0.2, -0.15) is 0 Å². The molecule has 0 aliphatic heterocycles. The smallest absolute Gasteiger partial charge is 0.341 e. The molecule has 1 amide bonds. The van der Waals surface area contributed by atoms with E-state index in [1.807, 2.05) is 21.0 Å². The van der Waals surface area contributed by atoms with Gasteiger partial charge >= 0.3 is 5.97 Å². The van der Waals surface area contributed by atoms with Crippen LogP contribution in [0.15, 0.2) is 0 Å². The highest BCUT2D eigenvalue weighted by molar-refractivity contribution is 7.17. The largest absolute Gasteiger partial charge is 0.462 e. The molecule has 0 spiro atoms. The number of fused-ring (bicyclic) bond motifs is 1. The lowest BCUT2D eigenvalue weighted by Crippen LogP contribution is -3.11. The van der Waals surface area contributed by atoms with Gasteiger partial charge in [0.15, 0.2) is 6.04 Å². The van der Waals surface area contributed by atoms with Gasteiger partial charge in [0.25, 0.3) is 5.91 Å². The molecule has 0 radical (unpaired) electrons. The Labute approximate surface area is 135 Å². The number of amides is 1. The second kappa shape index (κ2) is 7.24. The Kier molecular flexibility index (Phi) is 5.58. The second-order valence-electron chi connectivity index (χ2n) is 5.92. The van der Waals surface area contributed by atoms with Gasteiger partial charge in [-0.15, -0.1) is 11.3 Å². The van der Waals surface area contributed by atoms with Crippen LogP contribution in [-0.2, 0) is 22.4 Å². The summed E-state index contributed by atoms with van der Waals surface area (Å²) in [4.78, 5) is 26.9. The summed E-state index contributed by atoms with van der Waals surface area (Å²) in [6.45, 7) is 4.02. The molecule has 0 saturated carbocycles. The van der Waals surface area contributed by atoms with Gasteiger partial charge in [0, 0.05) is 4.88 Å². The minimum atomic E-state index is -0.318. The molecule has 6 heteroatoms.